The van der Waals surface area contributed by atoms with Crippen molar-refractivity contribution in [3.8, 4) is 0 Å². The number of nitro benzene ring substituents is 1. The van der Waals surface area contributed by atoms with Gasteiger partial charge in [0.2, 0.25) is 0 Å². The summed E-state index contributed by atoms with van der Waals surface area (Å²) < 4.78 is 0. The van der Waals surface area contributed by atoms with E-state index in [4.69, 9.17) is 5.11 Å². The third-order valence-electron chi connectivity index (χ3n) is 3.34. The lowest BCUT2D eigenvalue weighted by molar-refractivity contribution is -0.385. The topological polar surface area (TPSA) is 83.7 Å². The molecule has 1 saturated carbocycles. The Morgan fingerprint density at radius 2 is 2.21 bits per heavy atom. The van der Waals surface area contributed by atoms with Crippen LogP contribution in [0.15, 0.2) is 18.2 Å². The van der Waals surface area contributed by atoms with Gasteiger partial charge in [-0.3, -0.25) is 14.9 Å². The largest absolute Gasteiger partial charge is 0.481 e. The number of aliphatic carboxylic acids is 1. The maximum Gasteiger partial charge on any atom is 0.305 e. The van der Waals surface area contributed by atoms with E-state index in [0.29, 0.717) is 18.2 Å². The molecular weight excluding hydrogens is 248 g/mol. The number of hydrogen-bond donors (Lipinski definition) is 1. The maximum atomic E-state index is 10.9. The lowest BCUT2D eigenvalue weighted by Gasteiger charge is -2.25. The van der Waals surface area contributed by atoms with E-state index in [9.17, 15) is 14.9 Å². The quantitative estimate of drug-likeness (QED) is 0.629. The van der Waals surface area contributed by atoms with Gasteiger partial charge in [0.05, 0.1) is 16.9 Å². The molecular formula is C13H16N2O4. The second-order valence-electron chi connectivity index (χ2n) is 4.75. The van der Waals surface area contributed by atoms with Crippen molar-refractivity contribution in [2.75, 3.05) is 11.4 Å². The van der Waals surface area contributed by atoms with Crippen LogP contribution >= 0.6 is 0 Å². The minimum absolute atomic E-state index is 0.0403. The van der Waals surface area contributed by atoms with E-state index in [-0.39, 0.29) is 12.1 Å². The smallest absolute Gasteiger partial charge is 0.305 e. The molecule has 1 N–H and O–H groups in total. The Morgan fingerprint density at radius 3 is 2.74 bits per heavy atom. The number of benzene rings is 1. The van der Waals surface area contributed by atoms with Crippen LogP contribution in [-0.4, -0.2) is 28.6 Å². The van der Waals surface area contributed by atoms with E-state index in [1.165, 1.54) is 6.07 Å². The van der Waals surface area contributed by atoms with Crippen LogP contribution in [-0.2, 0) is 4.79 Å². The molecule has 0 radical (unpaired) electrons. The minimum Gasteiger partial charge on any atom is -0.481 e. The third kappa shape index (κ3) is 3.01. The monoisotopic (exact) mass is 264 g/mol. The van der Waals surface area contributed by atoms with Crippen LogP contribution in [0.5, 0.6) is 0 Å². The first-order valence-corrected chi connectivity index (χ1v) is 6.23. The van der Waals surface area contributed by atoms with E-state index >= 15 is 0 Å². The molecule has 0 bridgehead atoms. The van der Waals surface area contributed by atoms with Crippen LogP contribution in [0.3, 0.4) is 0 Å². The predicted molar refractivity (Wildman–Crippen MR) is 70.5 cm³/mol. The number of nitro groups is 1. The summed E-state index contributed by atoms with van der Waals surface area (Å²) in [6.07, 6.45) is 2.07. The SMILES string of the molecule is Cc1c(N(CCC(=O)O)C2CC2)cccc1[N+](=O)[O-]. The number of carbonyl (C=O) groups is 1. The van der Waals surface area contributed by atoms with Gasteiger partial charge in [0, 0.05) is 24.3 Å². The normalized spacial score (nSPS) is 14.2. The molecule has 1 fully saturated rings. The molecule has 0 spiro atoms. The van der Waals surface area contributed by atoms with Gasteiger partial charge in [-0.15, -0.1) is 0 Å². The van der Waals surface area contributed by atoms with Crippen molar-refractivity contribution in [2.45, 2.75) is 32.2 Å². The van der Waals surface area contributed by atoms with Gasteiger partial charge in [-0.25, -0.2) is 0 Å². The van der Waals surface area contributed by atoms with Crippen molar-refractivity contribution >= 4 is 17.3 Å². The highest BCUT2D eigenvalue weighted by molar-refractivity contribution is 5.69. The Balaban J connectivity index is 2.28. The second kappa shape index (κ2) is 5.26. The molecule has 0 aromatic heterocycles. The lowest BCUT2D eigenvalue weighted by Crippen LogP contribution is -2.29. The minimum atomic E-state index is -0.853. The second-order valence-corrected chi connectivity index (χ2v) is 4.75. The molecule has 1 aliphatic carbocycles. The fourth-order valence-electron chi connectivity index (χ4n) is 2.22. The predicted octanol–water partition coefficient (Wildman–Crippen LogP) is 2.35. The van der Waals surface area contributed by atoms with Crippen LogP contribution in [0.25, 0.3) is 0 Å². The fourth-order valence-corrected chi connectivity index (χ4v) is 2.22. The van der Waals surface area contributed by atoms with Gasteiger partial charge >= 0.3 is 5.97 Å². The molecule has 0 heterocycles. The third-order valence-corrected chi connectivity index (χ3v) is 3.34. The maximum absolute atomic E-state index is 10.9. The summed E-state index contributed by atoms with van der Waals surface area (Å²) in [5, 5.41) is 19.7. The Bertz CT molecular complexity index is 511. The summed E-state index contributed by atoms with van der Waals surface area (Å²) in [5.41, 5.74) is 1.46. The zero-order valence-corrected chi connectivity index (χ0v) is 10.7. The summed E-state index contributed by atoms with van der Waals surface area (Å²) in [4.78, 5) is 23.2. The van der Waals surface area contributed by atoms with Gasteiger partial charge in [-0.05, 0) is 25.8 Å². The zero-order valence-electron chi connectivity index (χ0n) is 10.7. The number of carboxylic acid groups (broad SMARTS) is 1. The molecule has 0 amide bonds. The molecule has 19 heavy (non-hydrogen) atoms. The van der Waals surface area contributed by atoms with Gasteiger partial charge in [-0.1, -0.05) is 6.07 Å². The van der Waals surface area contributed by atoms with E-state index < -0.39 is 10.9 Å². The van der Waals surface area contributed by atoms with E-state index in [1.54, 1.807) is 13.0 Å². The highest BCUT2D eigenvalue weighted by Gasteiger charge is 2.31. The van der Waals surface area contributed by atoms with Gasteiger partial charge in [0.1, 0.15) is 0 Å². The Kier molecular flexibility index (Phi) is 3.69. The van der Waals surface area contributed by atoms with Crippen molar-refractivity contribution in [1.29, 1.82) is 0 Å². The first-order chi connectivity index (χ1) is 9.00. The lowest BCUT2D eigenvalue weighted by atomic mass is 10.1. The fraction of sp³-hybridized carbons (Fsp3) is 0.462. The Labute approximate surface area is 110 Å². The van der Waals surface area contributed by atoms with Gasteiger partial charge in [0.15, 0.2) is 0 Å². The Morgan fingerprint density at radius 1 is 1.53 bits per heavy atom. The van der Waals surface area contributed by atoms with E-state index in [1.807, 2.05) is 11.0 Å². The Hall–Kier alpha value is -2.11. The summed E-state index contributed by atoms with van der Waals surface area (Å²) in [5.74, 6) is -0.853. The molecule has 0 unspecified atom stereocenters. The van der Waals surface area contributed by atoms with Crippen molar-refractivity contribution in [3.05, 3.63) is 33.9 Å². The molecule has 0 aliphatic heterocycles. The van der Waals surface area contributed by atoms with Gasteiger partial charge in [0.25, 0.3) is 5.69 Å². The average molecular weight is 264 g/mol. The number of nitrogens with zero attached hydrogens (tertiary/aromatic N) is 2. The molecule has 1 aromatic carbocycles. The van der Waals surface area contributed by atoms with Crippen LogP contribution in [0.2, 0.25) is 0 Å². The molecule has 0 atom stereocenters. The standard InChI is InChI=1S/C13H16N2O4/c1-9-11(3-2-4-12(9)15(18)19)14(10-5-6-10)8-7-13(16)17/h2-4,10H,5-8H2,1H3,(H,16,17). The zero-order chi connectivity index (χ0) is 14.0. The number of rotatable bonds is 6. The molecule has 6 nitrogen and oxygen atoms in total. The highest BCUT2D eigenvalue weighted by atomic mass is 16.6. The average Bonchev–Trinajstić information content (AvgIpc) is 3.15. The first kappa shape index (κ1) is 13.3. The summed E-state index contributed by atoms with van der Waals surface area (Å²) in [6, 6.07) is 5.26. The first-order valence-electron chi connectivity index (χ1n) is 6.23. The number of anilines is 1. The van der Waals surface area contributed by atoms with Crippen molar-refractivity contribution < 1.29 is 14.8 Å². The van der Waals surface area contributed by atoms with Crippen LogP contribution in [0.4, 0.5) is 11.4 Å². The number of carboxylic acids is 1. The van der Waals surface area contributed by atoms with Crippen molar-refractivity contribution in [2.24, 2.45) is 0 Å². The van der Waals surface area contributed by atoms with E-state index in [2.05, 4.69) is 0 Å². The van der Waals surface area contributed by atoms with Crippen LogP contribution in [0, 0.1) is 17.0 Å². The van der Waals surface area contributed by atoms with E-state index in [0.717, 1.165) is 18.5 Å². The van der Waals surface area contributed by atoms with Crippen molar-refractivity contribution in [3.63, 3.8) is 0 Å². The summed E-state index contributed by atoms with van der Waals surface area (Å²) in [6.45, 7) is 2.10. The summed E-state index contributed by atoms with van der Waals surface area (Å²) in [7, 11) is 0. The van der Waals surface area contributed by atoms with Crippen LogP contribution in [0.1, 0.15) is 24.8 Å². The van der Waals surface area contributed by atoms with Crippen LogP contribution < -0.4 is 4.90 Å². The molecule has 1 aromatic rings. The molecule has 0 saturated heterocycles. The van der Waals surface area contributed by atoms with Gasteiger partial charge in [-0.2, -0.15) is 0 Å². The number of hydrogen-bond acceptors (Lipinski definition) is 4. The highest BCUT2D eigenvalue weighted by Crippen LogP contribution is 2.36. The molecule has 6 heteroatoms. The molecule has 102 valence electrons. The summed E-state index contributed by atoms with van der Waals surface area (Å²) >= 11 is 0. The molecule has 1 aliphatic rings. The molecule has 2 rings (SSSR count). The van der Waals surface area contributed by atoms with Crippen molar-refractivity contribution in [1.82, 2.24) is 0 Å². The van der Waals surface area contributed by atoms with Gasteiger partial charge < -0.3 is 10.0 Å².